The summed E-state index contributed by atoms with van der Waals surface area (Å²) in [6.45, 7) is 4.22. The van der Waals surface area contributed by atoms with Gasteiger partial charge in [-0.3, -0.25) is 4.79 Å². The molecule has 1 saturated carbocycles. The van der Waals surface area contributed by atoms with Gasteiger partial charge in [-0.25, -0.2) is 0 Å². The van der Waals surface area contributed by atoms with Crippen LogP contribution in [-0.4, -0.2) is 33.5 Å². The number of aliphatic hydroxyl groups is 2. The molecule has 0 radical (unpaired) electrons. The molecule has 0 aromatic heterocycles. The number of unbranched alkanes of at least 4 members (excludes halogenated alkanes) is 1. The van der Waals surface area contributed by atoms with Crippen LogP contribution in [0.25, 0.3) is 0 Å². The molecule has 0 aliphatic heterocycles. The van der Waals surface area contributed by atoms with Gasteiger partial charge in [0, 0.05) is 10.9 Å². The highest BCUT2D eigenvalue weighted by Crippen LogP contribution is 2.40. The number of benzene rings is 1. The molecule has 1 fully saturated rings. The van der Waals surface area contributed by atoms with Crippen molar-refractivity contribution in [3.63, 3.8) is 0 Å². The normalized spacial score (nSPS) is 25.4. The highest BCUT2D eigenvalue weighted by molar-refractivity contribution is 9.10. The molecule has 0 saturated heterocycles. The summed E-state index contributed by atoms with van der Waals surface area (Å²) in [4.78, 5) is 10.6. The molecular weight excluding hydrogens is 444 g/mol. The number of carboxylic acids is 1. The van der Waals surface area contributed by atoms with E-state index in [0.29, 0.717) is 18.8 Å². The van der Waals surface area contributed by atoms with Crippen molar-refractivity contribution in [3.05, 3.63) is 58.1 Å². The summed E-state index contributed by atoms with van der Waals surface area (Å²) in [5.41, 5.74) is 2.41. The fraction of sp³-hybridized carbons (Fsp3) is 0.560. The molecule has 30 heavy (non-hydrogen) atoms. The second-order valence-corrected chi connectivity index (χ2v) is 9.44. The van der Waals surface area contributed by atoms with Crippen molar-refractivity contribution in [2.45, 2.75) is 71.0 Å². The van der Waals surface area contributed by atoms with E-state index in [0.717, 1.165) is 30.2 Å². The van der Waals surface area contributed by atoms with Gasteiger partial charge in [-0.1, -0.05) is 59.3 Å². The summed E-state index contributed by atoms with van der Waals surface area (Å²) in [5, 5.41) is 29.6. The maximum atomic E-state index is 10.6. The number of hydrogen-bond donors (Lipinski definition) is 3. The summed E-state index contributed by atoms with van der Waals surface area (Å²) >= 11 is 3.56. The smallest absolute Gasteiger partial charge is 0.303 e. The molecule has 1 aromatic rings. The fourth-order valence-electron chi connectivity index (χ4n) is 4.24. The van der Waals surface area contributed by atoms with Gasteiger partial charge in [0.25, 0.3) is 0 Å². The fourth-order valence-corrected chi connectivity index (χ4v) is 4.67. The van der Waals surface area contributed by atoms with E-state index in [2.05, 4.69) is 60.1 Å². The predicted octanol–water partition coefficient (Wildman–Crippen LogP) is 5.44. The Kier molecular flexibility index (Phi) is 10.3. The van der Waals surface area contributed by atoms with E-state index in [1.54, 1.807) is 0 Å². The van der Waals surface area contributed by atoms with Gasteiger partial charge in [-0.15, -0.1) is 0 Å². The average molecular weight is 479 g/mol. The van der Waals surface area contributed by atoms with Crippen molar-refractivity contribution >= 4 is 21.9 Å². The predicted molar refractivity (Wildman–Crippen MR) is 124 cm³/mol. The van der Waals surface area contributed by atoms with Crippen molar-refractivity contribution in [1.29, 1.82) is 0 Å². The minimum atomic E-state index is -0.762. The van der Waals surface area contributed by atoms with Crippen molar-refractivity contribution < 1.29 is 20.1 Å². The van der Waals surface area contributed by atoms with Crippen molar-refractivity contribution in [2.24, 2.45) is 17.8 Å². The van der Waals surface area contributed by atoms with Gasteiger partial charge in [0.1, 0.15) is 0 Å². The number of rotatable bonds is 11. The van der Waals surface area contributed by atoms with Gasteiger partial charge in [-0.05, 0) is 80.4 Å². The molecule has 0 spiro atoms. The van der Waals surface area contributed by atoms with Crippen LogP contribution in [-0.2, 0) is 11.2 Å². The lowest BCUT2D eigenvalue weighted by molar-refractivity contribution is -0.137. The van der Waals surface area contributed by atoms with Crippen LogP contribution >= 0.6 is 15.9 Å². The summed E-state index contributed by atoms with van der Waals surface area (Å²) in [7, 11) is 0. The second kappa shape index (κ2) is 12.4. The molecule has 3 N–H and O–H groups in total. The monoisotopic (exact) mass is 478 g/mol. The first kappa shape index (κ1) is 24.8. The zero-order valence-corrected chi connectivity index (χ0v) is 19.6. The molecular formula is C25H35BrO4. The van der Waals surface area contributed by atoms with E-state index in [4.69, 9.17) is 5.11 Å². The average Bonchev–Trinajstić information content (AvgIpc) is 2.96. The Balaban J connectivity index is 1.84. The zero-order chi connectivity index (χ0) is 22.1. The summed E-state index contributed by atoms with van der Waals surface area (Å²) in [6, 6.07) is 6.30. The maximum absolute atomic E-state index is 10.6. The first-order chi connectivity index (χ1) is 14.3. The standard InChI is InChI=1S/C25H35BrO4/c1-17-9-10-19(16-23(17)26)11-12-20(27)13-14-21-18(2)15-24(28)22(21)7-5-3-4-6-8-25(29)30/h3,5,9-10,13-14,16,18,20-22,24,27-28H,4,6-8,11-12,15H2,1-2H3,(H,29,30)/b5-3-,14-13+/t18-,20+,21+,22-,24?/m1/s1. The van der Waals surface area contributed by atoms with Gasteiger partial charge in [0.2, 0.25) is 0 Å². The molecule has 1 aliphatic rings. The molecule has 0 bridgehead atoms. The van der Waals surface area contributed by atoms with Crippen LogP contribution in [0.3, 0.4) is 0 Å². The van der Waals surface area contributed by atoms with Crippen molar-refractivity contribution in [2.75, 3.05) is 0 Å². The van der Waals surface area contributed by atoms with Crippen LogP contribution in [0.4, 0.5) is 0 Å². The minimum absolute atomic E-state index is 0.146. The van der Waals surface area contributed by atoms with E-state index >= 15 is 0 Å². The van der Waals surface area contributed by atoms with E-state index in [1.165, 1.54) is 11.1 Å². The number of hydrogen-bond acceptors (Lipinski definition) is 3. The highest BCUT2D eigenvalue weighted by Gasteiger charge is 2.37. The van der Waals surface area contributed by atoms with Crippen LogP contribution in [0.2, 0.25) is 0 Å². The third-order valence-electron chi connectivity index (χ3n) is 6.12. The van der Waals surface area contributed by atoms with E-state index < -0.39 is 12.1 Å². The first-order valence-electron chi connectivity index (χ1n) is 10.9. The lowest BCUT2D eigenvalue weighted by Gasteiger charge is -2.20. The Morgan fingerprint density at radius 3 is 2.80 bits per heavy atom. The van der Waals surface area contributed by atoms with Crippen LogP contribution in [0.1, 0.15) is 56.6 Å². The number of halogens is 1. The number of carboxylic acid groups (broad SMARTS) is 1. The Bertz CT molecular complexity index is 743. The Labute approximate surface area is 188 Å². The van der Waals surface area contributed by atoms with Crippen molar-refractivity contribution in [1.82, 2.24) is 0 Å². The summed E-state index contributed by atoms with van der Waals surface area (Å²) in [5.74, 6) is 0.00296. The molecule has 5 heteroatoms. The zero-order valence-electron chi connectivity index (χ0n) is 18.0. The molecule has 5 atom stereocenters. The third kappa shape index (κ3) is 8.01. The quantitative estimate of drug-likeness (QED) is 0.292. The number of aryl methyl sites for hydroxylation is 2. The highest BCUT2D eigenvalue weighted by atomic mass is 79.9. The Hall–Kier alpha value is -1.43. The Morgan fingerprint density at radius 1 is 1.33 bits per heavy atom. The van der Waals surface area contributed by atoms with E-state index in [9.17, 15) is 15.0 Å². The lowest BCUT2D eigenvalue weighted by atomic mass is 9.86. The van der Waals surface area contributed by atoms with E-state index in [1.807, 2.05) is 12.2 Å². The third-order valence-corrected chi connectivity index (χ3v) is 6.97. The van der Waals surface area contributed by atoms with Gasteiger partial charge >= 0.3 is 5.97 Å². The van der Waals surface area contributed by atoms with Crippen LogP contribution in [0.5, 0.6) is 0 Å². The Morgan fingerprint density at radius 2 is 2.10 bits per heavy atom. The molecule has 0 heterocycles. The second-order valence-electron chi connectivity index (χ2n) is 8.59. The maximum Gasteiger partial charge on any atom is 0.303 e. The SMILES string of the molecule is Cc1ccc(CC[C@H](O)/C=C/[C@H]2[C@H](C)CC(O)[C@@H]2C/C=C\CCCC(=O)O)cc1Br. The molecule has 1 aromatic carbocycles. The summed E-state index contributed by atoms with van der Waals surface area (Å²) in [6.07, 6.45) is 11.9. The molecule has 1 unspecified atom stereocenters. The van der Waals surface area contributed by atoms with Gasteiger partial charge in [0.15, 0.2) is 0 Å². The van der Waals surface area contributed by atoms with Crippen molar-refractivity contribution in [3.8, 4) is 0 Å². The van der Waals surface area contributed by atoms with Crippen LogP contribution in [0, 0.1) is 24.7 Å². The summed E-state index contributed by atoms with van der Waals surface area (Å²) < 4.78 is 1.10. The number of carbonyl (C=O) groups is 1. The van der Waals surface area contributed by atoms with E-state index in [-0.39, 0.29) is 24.4 Å². The molecule has 0 amide bonds. The minimum Gasteiger partial charge on any atom is -0.481 e. The first-order valence-corrected chi connectivity index (χ1v) is 11.7. The number of allylic oxidation sites excluding steroid dienone is 3. The van der Waals surface area contributed by atoms with Gasteiger partial charge < -0.3 is 15.3 Å². The van der Waals surface area contributed by atoms with Gasteiger partial charge in [-0.2, -0.15) is 0 Å². The molecule has 2 rings (SSSR count). The number of aliphatic carboxylic acids is 1. The molecule has 1 aliphatic carbocycles. The molecule has 4 nitrogen and oxygen atoms in total. The lowest BCUT2D eigenvalue weighted by Crippen LogP contribution is -2.18. The number of aliphatic hydroxyl groups excluding tert-OH is 2. The van der Waals surface area contributed by atoms with Crippen LogP contribution in [0.15, 0.2) is 47.0 Å². The molecule has 166 valence electrons. The topological polar surface area (TPSA) is 77.8 Å². The largest absolute Gasteiger partial charge is 0.481 e. The van der Waals surface area contributed by atoms with Gasteiger partial charge in [0.05, 0.1) is 12.2 Å². The van der Waals surface area contributed by atoms with Crippen LogP contribution < -0.4 is 0 Å².